The van der Waals surface area contributed by atoms with Crippen LogP contribution in [0.4, 0.5) is 0 Å². The molecule has 0 saturated heterocycles. The van der Waals surface area contributed by atoms with Gasteiger partial charge in [0.25, 0.3) is 0 Å². The molecule has 0 radical (unpaired) electrons. The molecular weight excluding hydrogens is 265 g/mol. The van der Waals surface area contributed by atoms with Gasteiger partial charge in [-0.2, -0.15) is 0 Å². The Balaban J connectivity index is 2.90. The van der Waals surface area contributed by atoms with Gasteiger partial charge in [0, 0.05) is 13.2 Å². The summed E-state index contributed by atoms with van der Waals surface area (Å²) < 4.78 is 3.14. The Hall–Kier alpha value is -0.650. The molecule has 0 aliphatic rings. The highest BCUT2D eigenvalue weighted by Gasteiger charge is 2.05. The summed E-state index contributed by atoms with van der Waals surface area (Å²) in [5.41, 5.74) is 2.91. The summed E-state index contributed by atoms with van der Waals surface area (Å²) in [7, 11) is 1.98. The van der Waals surface area contributed by atoms with E-state index in [9.17, 15) is 0 Å². The summed E-state index contributed by atoms with van der Waals surface area (Å²) in [6, 6.07) is 0. The molecule has 0 unspecified atom stereocenters. The molecule has 2 aromatic rings. The number of rotatable bonds is 0. The van der Waals surface area contributed by atoms with Crippen molar-refractivity contribution >= 4 is 33.8 Å². The van der Waals surface area contributed by atoms with Crippen LogP contribution in [0.1, 0.15) is 5.69 Å². The first-order chi connectivity index (χ1) is 5.68. The van der Waals surface area contributed by atoms with Gasteiger partial charge in [0.15, 0.2) is 5.65 Å². The largest absolute Gasteiger partial charge is 0.333 e. The second kappa shape index (κ2) is 2.69. The molecule has 62 valence electrons. The molecule has 0 fully saturated rings. The minimum absolute atomic E-state index is 0.949. The molecule has 2 heterocycles. The van der Waals surface area contributed by atoms with Crippen LogP contribution in [0.15, 0.2) is 12.4 Å². The SMILES string of the molecule is Cc1cnc2c(n1)c(I)cn2C. The molecule has 0 atom stereocenters. The van der Waals surface area contributed by atoms with Crippen molar-refractivity contribution in [2.24, 2.45) is 7.05 Å². The topological polar surface area (TPSA) is 30.7 Å². The van der Waals surface area contributed by atoms with Crippen molar-refractivity contribution in [3.8, 4) is 0 Å². The number of aryl methyl sites for hydroxylation is 2. The van der Waals surface area contributed by atoms with Crippen molar-refractivity contribution < 1.29 is 0 Å². The lowest BCUT2D eigenvalue weighted by Gasteiger charge is -1.94. The zero-order valence-electron chi connectivity index (χ0n) is 6.87. The van der Waals surface area contributed by atoms with Gasteiger partial charge in [-0.05, 0) is 29.5 Å². The van der Waals surface area contributed by atoms with E-state index in [0.29, 0.717) is 0 Å². The Kier molecular flexibility index (Phi) is 1.79. The van der Waals surface area contributed by atoms with E-state index in [1.165, 1.54) is 0 Å². The molecule has 3 nitrogen and oxygen atoms in total. The van der Waals surface area contributed by atoms with Crippen LogP contribution in [0, 0.1) is 10.5 Å². The summed E-state index contributed by atoms with van der Waals surface area (Å²) in [5.74, 6) is 0. The summed E-state index contributed by atoms with van der Waals surface area (Å²) in [5, 5.41) is 0. The van der Waals surface area contributed by atoms with Crippen LogP contribution in [-0.2, 0) is 7.05 Å². The normalized spacial score (nSPS) is 10.9. The van der Waals surface area contributed by atoms with Gasteiger partial charge in [0.05, 0.1) is 15.5 Å². The fourth-order valence-corrected chi connectivity index (χ4v) is 1.96. The average molecular weight is 273 g/mol. The molecule has 2 aromatic heterocycles. The van der Waals surface area contributed by atoms with E-state index >= 15 is 0 Å². The number of nitrogens with zero attached hydrogens (tertiary/aromatic N) is 3. The second-order valence-corrected chi connectivity index (χ2v) is 3.93. The maximum Gasteiger partial charge on any atom is 0.159 e. The molecule has 0 bridgehead atoms. The van der Waals surface area contributed by atoms with Gasteiger partial charge in [0.2, 0.25) is 0 Å². The molecular formula is C8H8IN3. The predicted octanol–water partition coefficient (Wildman–Crippen LogP) is 1.88. The van der Waals surface area contributed by atoms with Crippen molar-refractivity contribution in [1.82, 2.24) is 14.5 Å². The molecule has 0 amide bonds. The zero-order valence-corrected chi connectivity index (χ0v) is 9.03. The van der Waals surface area contributed by atoms with Crippen LogP contribution >= 0.6 is 22.6 Å². The maximum absolute atomic E-state index is 4.41. The number of hydrogen-bond donors (Lipinski definition) is 0. The maximum atomic E-state index is 4.41. The Morgan fingerprint density at radius 3 is 3.00 bits per heavy atom. The lowest BCUT2D eigenvalue weighted by Crippen LogP contribution is -1.90. The third kappa shape index (κ3) is 1.10. The first kappa shape index (κ1) is 7.97. The highest BCUT2D eigenvalue weighted by atomic mass is 127. The van der Waals surface area contributed by atoms with E-state index in [0.717, 1.165) is 20.4 Å². The van der Waals surface area contributed by atoms with Crippen molar-refractivity contribution in [2.45, 2.75) is 6.92 Å². The Morgan fingerprint density at radius 2 is 2.25 bits per heavy atom. The molecule has 0 aromatic carbocycles. The molecule has 12 heavy (non-hydrogen) atoms. The standard InChI is InChI=1S/C8H8IN3/c1-5-3-10-8-7(11-5)6(9)4-12(8)2/h3-4H,1-2H3. The van der Waals surface area contributed by atoms with Gasteiger partial charge < -0.3 is 4.57 Å². The smallest absolute Gasteiger partial charge is 0.159 e. The minimum Gasteiger partial charge on any atom is -0.333 e. The van der Waals surface area contributed by atoms with Crippen LogP contribution < -0.4 is 0 Å². The number of hydrogen-bond acceptors (Lipinski definition) is 2. The van der Waals surface area contributed by atoms with E-state index in [-0.39, 0.29) is 0 Å². The van der Waals surface area contributed by atoms with Crippen LogP contribution in [0.5, 0.6) is 0 Å². The van der Waals surface area contributed by atoms with E-state index in [4.69, 9.17) is 0 Å². The van der Waals surface area contributed by atoms with Crippen LogP contribution in [0.25, 0.3) is 11.2 Å². The third-order valence-corrected chi connectivity index (χ3v) is 2.53. The van der Waals surface area contributed by atoms with Gasteiger partial charge in [-0.3, -0.25) is 0 Å². The highest BCUT2D eigenvalue weighted by Crippen LogP contribution is 2.17. The van der Waals surface area contributed by atoms with Crippen molar-refractivity contribution in [3.63, 3.8) is 0 Å². The van der Waals surface area contributed by atoms with Crippen molar-refractivity contribution in [2.75, 3.05) is 0 Å². The van der Waals surface area contributed by atoms with Gasteiger partial charge in [0.1, 0.15) is 5.52 Å². The molecule has 0 spiro atoms. The lowest BCUT2D eigenvalue weighted by molar-refractivity contribution is 0.942. The van der Waals surface area contributed by atoms with Gasteiger partial charge in [-0.15, -0.1) is 0 Å². The molecule has 4 heteroatoms. The number of aromatic nitrogens is 3. The van der Waals surface area contributed by atoms with Crippen LogP contribution in [-0.4, -0.2) is 14.5 Å². The molecule has 0 saturated carbocycles. The summed E-state index contributed by atoms with van der Waals surface area (Å²) in [6.07, 6.45) is 3.82. The summed E-state index contributed by atoms with van der Waals surface area (Å²) in [6.45, 7) is 1.95. The summed E-state index contributed by atoms with van der Waals surface area (Å²) in [4.78, 5) is 8.70. The van der Waals surface area contributed by atoms with E-state index < -0.39 is 0 Å². The molecule has 2 rings (SSSR count). The Morgan fingerprint density at radius 1 is 1.50 bits per heavy atom. The van der Waals surface area contributed by atoms with Gasteiger partial charge in [-0.25, -0.2) is 9.97 Å². The molecule has 0 aliphatic heterocycles. The monoisotopic (exact) mass is 273 g/mol. The van der Waals surface area contributed by atoms with Crippen LogP contribution in [0.2, 0.25) is 0 Å². The number of halogens is 1. The van der Waals surface area contributed by atoms with Crippen LogP contribution in [0.3, 0.4) is 0 Å². The first-order valence-corrected chi connectivity index (χ1v) is 4.70. The second-order valence-electron chi connectivity index (χ2n) is 2.77. The Labute approximate surface area is 84.0 Å². The summed E-state index contributed by atoms with van der Waals surface area (Å²) >= 11 is 2.27. The third-order valence-electron chi connectivity index (χ3n) is 1.74. The zero-order chi connectivity index (χ0) is 8.72. The minimum atomic E-state index is 0.949. The fourth-order valence-electron chi connectivity index (χ4n) is 1.18. The van der Waals surface area contributed by atoms with E-state index in [1.54, 1.807) is 6.20 Å². The predicted molar refractivity (Wildman–Crippen MR) is 56.0 cm³/mol. The van der Waals surface area contributed by atoms with Crippen molar-refractivity contribution in [1.29, 1.82) is 0 Å². The molecule has 0 N–H and O–H groups in total. The quantitative estimate of drug-likeness (QED) is 0.686. The van der Waals surface area contributed by atoms with Crippen molar-refractivity contribution in [3.05, 3.63) is 21.7 Å². The Bertz CT molecular complexity index is 433. The van der Waals surface area contributed by atoms with Gasteiger partial charge >= 0.3 is 0 Å². The average Bonchev–Trinajstić information content (AvgIpc) is 2.28. The first-order valence-electron chi connectivity index (χ1n) is 3.62. The van der Waals surface area contributed by atoms with Gasteiger partial charge in [-0.1, -0.05) is 0 Å². The fraction of sp³-hybridized carbons (Fsp3) is 0.250. The number of fused-ring (bicyclic) bond motifs is 1. The highest BCUT2D eigenvalue weighted by molar-refractivity contribution is 14.1. The molecule has 0 aliphatic carbocycles. The van der Waals surface area contributed by atoms with E-state index in [2.05, 4.69) is 32.6 Å². The lowest BCUT2D eigenvalue weighted by atomic mass is 10.4. The van der Waals surface area contributed by atoms with E-state index in [1.807, 2.05) is 24.7 Å².